The Labute approximate surface area is 118 Å². The topological polar surface area (TPSA) is 78.4 Å². The van der Waals surface area contributed by atoms with Gasteiger partial charge in [0.05, 0.1) is 0 Å². The predicted molar refractivity (Wildman–Crippen MR) is 76.9 cm³/mol. The van der Waals surface area contributed by atoms with Gasteiger partial charge in [-0.05, 0) is 42.9 Å². The Hall–Kier alpha value is -2.04. The number of amides is 2. The molecular weight excluding hydrogens is 256 g/mol. The molecule has 1 aliphatic rings. The lowest BCUT2D eigenvalue weighted by Crippen LogP contribution is -2.60. The number of carbonyl (C=O) groups is 2. The Balaban J connectivity index is 2.01. The second kappa shape index (κ2) is 5.53. The molecule has 0 aliphatic heterocycles. The number of carboxylic acids is 1. The van der Waals surface area contributed by atoms with Gasteiger partial charge in [-0.25, -0.2) is 9.59 Å². The maximum atomic E-state index is 11.9. The van der Waals surface area contributed by atoms with Crippen LogP contribution in [0.4, 0.5) is 10.5 Å². The number of carboxylic acid groups (broad SMARTS) is 1. The van der Waals surface area contributed by atoms with Gasteiger partial charge in [-0.1, -0.05) is 26.0 Å². The number of carbonyl (C=O) groups excluding carboxylic acids is 1. The molecule has 1 aromatic rings. The molecule has 0 aromatic heterocycles. The third kappa shape index (κ3) is 2.92. The first-order valence-corrected chi connectivity index (χ1v) is 6.85. The fourth-order valence-electron chi connectivity index (χ4n) is 2.28. The molecule has 108 valence electrons. The Kier molecular flexibility index (Phi) is 3.97. The minimum atomic E-state index is -1.08. The van der Waals surface area contributed by atoms with E-state index in [1.807, 2.05) is 18.2 Å². The fourth-order valence-corrected chi connectivity index (χ4v) is 2.28. The first-order valence-electron chi connectivity index (χ1n) is 6.85. The SMILES string of the molecule is CC(C)c1cccc(NC(=O)NC2(C(=O)O)CCC2)c1. The maximum Gasteiger partial charge on any atom is 0.329 e. The van der Waals surface area contributed by atoms with Crippen molar-refractivity contribution >= 4 is 17.7 Å². The summed E-state index contributed by atoms with van der Waals surface area (Å²) in [7, 11) is 0. The molecule has 1 fully saturated rings. The van der Waals surface area contributed by atoms with E-state index in [0.717, 1.165) is 12.0 Å². The van der Waals surface area contributed by atoms with E-state index in [0.29, 0.717) is 24.4 Å². The highest BCUT2D eigenvalue weighted by Gasteiger charge is 2.45. The Morgan fingerprint density at radius 2 is 2.00 bits per heavy atom. The third-order valence-electron chi connectivity index (χ3n) is 3.78. The van der Waals surface area contributed by atoms with Crippen molar-refractivity contribution in [3.63, 3.8) is 0 Å². The van der Waals surface area contributed by atoms with Crippen LogP contribution in [0.15, 0.2) is 24.3 Å². The Morgan fingerprint density at radius 1 is 1.30 bits per heavy atom. The van der Waals surface area contributed by atoms with Crippen molar-refractivity contribution in [2.45, 2.75) is 44.6 Å². The van der Waals surface area contributed by atoms with E-state index in [1.54, 1.807) is 6.07 Å². The number of hydrogen-bond donors (Lipinski definition) is 3. The number of hydrogen-bond acceptors (Lipinski definition) is 2. The van der Waals surface area contributed by atoms with Crippen LogP contribution < -0.4 is 10.6 Å². The average molecular weight is 276 g/mol. The monoisotopic (exact) mass is 276 g/mol. The second-order valence-electron chi connectivity index (χ2n) is 5.60. The van der Waals surface area contributed by atoms with Crippen LogP contribution in [-0.2, 0) is 4.79 Å². The normalized spacial score (nSPS) is 16.4. The van der Waals surface area contributed by atoms with Crippen LogP contribution >= 0.6 is 0 Å². The molecular formula is C15H20N2O3. The number of urea groups is 1. The van der Waals surface area contributed by atoms with Gasteiger partial charge < -0.3 is 15.7 Å². The second-order valence-corrected chi connectivity index (χ2v) is 5.60. The largest absolute Gasteiger partial charge is 0.480 e. The molecule has 0 heterocycles. The van der Waals surface area contributed by atoms with Crippen LogP contribution in [0.3, 0.4) is 0 Å². The van der Waals surface area contributed by atoms with Crippen LogP contribution in [0.5, 0.6) is 0 Å². The van der Waals surface area contributed by atoms with Crippen molar-refractivity contribution in [1.82, 2.24) is 5.32 Å². The maximum absolute atomic E-state index is 11.9. The van der Waals surface area contributed by atoms with E-state index < -0.39 is 17.5 Å². The van der Waals surface area contributed by atoms with Crippen molar-refractivity contribution in [2.24, 2.45) is 0 Å². The van der Waals surface area contributed by atoms with Gasteiger partial charge in [0.2, 0.25) is 0 Å². The zero-order valence-electron chi connectivity index (χ0n) is 11.8. The van der Waals surface area contributed by atoms with E-state index in [2.05, 4.69) is 24.5 Å². The summed E-state index contributed by atoms with van der Waals surface area (Å²) in [6, 6.07) is 7.10. The summed E-state index contributed by atoms with van der Waals surface area (Å²) in [4.78, 5) is 23.1. The zero-order valence-corrected chi connectivity index (χ0v) is 11.8. The van der Waals surface area contributed by atoms with Crippen molar-refractivity contribution < 1.29 is 14.7 Å². The lowest BCUT2D eigenvalue weighted by Gasteiger charge is -2.38. The Bertz CT molecular complexity index is 522. The van der Waals surface area contributed by atoms with E-state index >= 15 is 0 Å². The van der Waals surface area contributed by atoms with Gasteiger partial charge in [-0.3, -0.25) is 0 Å². The summed E-state index contributed by atoms with van der Waals surface area (Å²) in [5.74, 6) is -0.591. The molecule has 0 bridgehead atoms. The van der Waals surface area contributed by atoms with Crippen LogP contribution in [0, 0.1) is 0 Å². The number of rotatable bonds is 4. The van der Waals surface area contributed by atoms with Gasteiger partial charge in [-0.15, -0.1) is 0 Å². The summed E-state index contributed by atoms with van der Waals surface area (Å²) in [5, 5.41) is 14.5. The van der Waals surface area contributed by atoms with Gasteiger partial charge in [0.25, 0.3) is 0 Å². The molecule has 0 saturated heterocycles. The van der Waals surface area contributed by atoms with Gasteiger partial charge in [-0.2, -0.15) is 0 Å². The molecule has 1 aromatic carbocycles. The lowest BCUT2D eigenvalue weighted by atomic mass is 9.77. The van der Waals surface area contributed by atoms with Gasteiger partial charge in [0.1, 0.15) is 5.54 Å². The van der Waals surface area contributed by atoms with E-state index in [4.69, 9.17) is 0 Å². The number of benzene rings is 1. The fraction of sp³-hybridized carbons (Fsp3) is 0.467. The van der Waals surface area contributed by atoms with E-state index in [-0.39, 0.29) is 0 Å². The first kappa shape index (κ1) is 14.4. The summed E-state index contributed by atoms with van der Waals surface area (Å²) in [5.41, 5.74) is 0.715. The molecule has 3 N–H and O–H groups in total. The molecule has 0 unspecified atom stereocenters. The third-order valence-corrected chi connectivity index (χ3v) is 3.78. The standard InChI is InChI=1S/C15H20N2O3/c1-10(2)11-5-3-6-12(9-11)16-14(20)17-15(13(18)19)7-4-8-15/h3,5-6,9-10H,4,7-8H2,1-2H3,(H,18,19)(H2,16,17,20). The molecule has 2 rings (SSSR count). The molecule has 5 heteroatoms. The predicted octanol–water partition coefficient (Wildman–Crippen LogP) is 2.94. The summed E-state index contributed by atoms with van der Waals surface area (Å²) in [6.07, 6.45) is 1.80. The van der Waals surface area contributed by atoms with Gasteiger partial charge in [0.15, 0.2) is 0 Å². The van der Waals surface area contributed by atoms with Crippen molar-refractivity contribution in [3.8, 4) is 0 Å². The van der Waals surface area contributed by atoms with E-state index in [1.165, 1.54) is 0 Å². The molecule has 0 spiro atoms. The van der Waals surface area contributed by atoms with E-state index in [9.17, 15) is 14.7 Å². The number of nitrogens with one attached hydrogen (secondary N) is 2. The molecule has 5 nitrogen and oxygen atoms in total. The summed E-state index contributed by atoms with van der Waals surface area (Å²) in [6.45, 7) is 4.15. The summed E-state index contributed by atoms with van der Waals surface area (Å²) >= 11 is 0. The highest BCUT2D eigenvalue weighted by Crippen LogP contribution is 2.32. The quantitative estimate of drug-likeness (QED) is 0.791. The highest BCUT2D eigenvalue weighted by atomic mass is 16.4. The summed E-state index contributed by atoms with van der Waals surface area (Å²) < 4.78 is 0. The highest BCUT2D eigenvalue weighted by molar-refractivity contribution is 5.94. The molecule has 20 heavy (non-hydrogen) atoms. The number of aliphatic carboxylic acids is 1. The van der Waals surface area contributed by atoms with Crippen molar-refractivity contribution in [1.29, 1.82) is 0 Å². The molecule has 1 aliphatic carbocycles. The lowest BCUT2D eigenvalue weighted by molar-refractivity contribution is -0.148. The van der Waals surface area contributed by atoms with Gasteiger partial charge >= 0.3 is 12.0 Å². The first-order chi connectivity index (χ1) is 9.43. The van der Waals surface area contributed by atoms with Crippen LogP contribution in [0.2, 0.25) is 0 Å². The van der Waals surface area contributed by atoms with Crippen LogP contribution in [-0.4, -0.2) is 22.6 Å². The molecule has 0 atom stereocenters. The van der Waals surface area contributed by atoms with Gasteiger partial charge in [0, 0.05) is 5.69 Å². The zero-order chi connectivity index (χ0) is 14.8. The molecule has 1 saturated carbocycles. The van der Waals surface area contributed by atoms with Crippen LogP contribution in [0.1, 0.15) is 44.6 Å². The smallest absolute Gasteiger partial charge is 0.329 e. The minimum absolute atomic E-state index is 0.372. The van der Waals surface area contributed by atoms with Crippen molar-refractivity contribution in [2.75, 3.05) is 5.32 Å². The minimum Gasteiger partial charge on any atom is -0.480 e. The van der Waals surface area contributed by atoms with Crippen LogP contribution in [0.25, 0.3) is 0 Å². The Morgan fingerprint density at radius 3 is 2.50 bits per heavy atom. The molecule has 2 amide bonds. The van der Waals surface area contributed by atoms with Crippen molar-refractivity contribution in [3.05, 3.63) is 29.8 Å². The number of anilines is 1. The average Bonchev–Trinajstić information content (AvgIpc) is 2.33. The molecule has 0 radical (unpaired) electrons.